The number of aromatic nitrogens is 3. The van der Waals surface area contributed by atoms with Crippen LogP contribution in [0.3, 0.4) is 0 Å². The van der Waals surface area contributed by atoms with Gasteiger partial charge in [0, 0.05) is 37.4 Å². The molecule has 0 unspecified atom stereocenters. The number of halogens is 1. The van der Waals surface area contributed by atoms with Gasteiger partial charge in [0.05, 0.1) is 26.4 Å². The molecule has 2 aromatic carbocycles. The van der Waals surface area contributed by atoms with E-state index >= 15 is 0 Å². The Hall–Kier alpha value is -3.87. The highest BCUT2D eigenvalue weighted by molar-refractivity contribution is 5.94. The minimum absolute atomic E-state index is 0.198. The summed E-state index contributed by atoms with van der Waals surface area (Å²) in [7, 11) is 0. The Morgan fingerprint density at radius 1 is 0.897 bits per heavy atom. The fraction of sp³-hybridized carbons (Fsp3) is 0.407. The van der Waals surface area contributed by atoms with E-state index in [1.807, 2.05) is 6.07 Å². The minimum Gasteiger partial charge on any atom is -0.378 e. The second-order valence-corrected chi connectivity index (χ2v) is 8.54. The fourth-order valence-electron chi connectivity index (χ4n) is 3.37. The first-order valence-electron chi connectivity index (χ1n) is 13.1. The molecule has 1 amide bonds. The molecule has 0 aliphatic carbocycles. The van der Waals surface area contributed by atoms with Crippen LogP contribution in [-0.4, -0.2) is 66.9 Å². The van der Waals surface area contributed by atoms with Crippen molar-refractivity contribution in [3.05, 3.63) is 65.5 Å². The van der Waals surface area contributed by atoms with Gasteiger partial charge in [-0.3, -0.25) is 4.79 Å². The summed E-state index contributed by atoms with van der Waals surface area (Å²) in [4.78, 5) is 25.7. The van der Waals surface area contributed by atoms with Crippen LogP contribution in [0.5, 0.6) is 0 Å². The molecule has 39 heavy (non-hydrogen) atoms. The normalized spacial score (nSPS) is 10.7. The molecule has 11 nitrogen and oxygen atoms in total. The zero-order valence-corrected chi connectivity index (χ0v) is 22.2. The Morgan fingerprint density at radius 2 is 1.62 bits per heavy atom. The van der Waals surface area contributed by atoms with E-state index in [1.165, 1.54) is 12.1 Å². The predicted octanol–water partition coefficient (Wildman–Crippen LogP) is 3.30. The smallest absolute Gasteiger partial charge is 0.251 e. The summed E-state index contributed by atoms with van der Waals surface area (Å²) in [6, 6.07) is 13.3. The summed E-state index contributed by atoms with van der Waals surface area (Å²) in [5, 5.41) is 12.3. The standard InChI is InChI=1S/C27H37FN8O3/c1-2-3-12-31-25-34-26(32-19-20-5-4-6-22(28)18-20)36-27(35-25)33-23-9-7-21(8-10-23)24(37)30-13-15-39-17-16-38-14-11-29/h4-10,18H,2-3,11-17,19,29H2,1H3,(H,30,37)(H3,31,32,33,34,35,36). The fourth-order valence-corrected chi connectivity index (χ4v) is 3.37. The lowest BCUT2D eigenvalue weighted by Crippen LogP contribution is -2.27. The van der Waals surface area contributed by atoms with E-state index < -0.39 is 0 Å². The number of carbonyl (C=O) groups is 1. The van der Waals surface area contributed by atoms with E-state index in [0.717, 1.165) is 24.9 Å². The van der Waals surface area contributed by atoms with Crippen molar-refractivity contribution in [2.75, 3.05) is 62.0 Å². The van der Waals surface area contributed by atoms with Crippen LogP contribution in [-0.2, 0) is 16.0 Å². The number of rotatable bonds is 18. The van der Waals surface area contributed by atoms with Crippen molar-refractivity contribution in [3.8, 4) is 0 Å². The highest BCUT2D eigenvalue weighted by Crippen LogP contribution is 2.17. The van der Waals surface area contributed by atoms with Crippen molar-refractivity contribution in [2.24, 2.45) is 5.73 Å². The largest absolute Gasteiger partial charge is 0.378 e. The molecule has 0 spiro atoms. The van der Waals surface area contributed by atoms with Crippen LogP contribution in [0.1, 0.15) is 35.7 Å². The average Bonchev–Trinajstić information content (AvgIpc) is 2.94. The summed E-state index contributed by atoms with van der Waals surface area (Å²) >= 11 is 0. The Balaban J connectivity index is 1.55. The van der Waals surface area contributed by atoms with Gasteiger partial charge in [0.15, 0.2) is 0 Å². The lowest BCUT2D eigenvalue weighted by Gasteiger charge is -2.12. The molecule has 1 heterocycles. The van der Waals surface area contributed by atoms with Crippen molar-refractivity contribution in [2.45, 2.75) is 26.3 Å². The van der Waals surface area contributed by atoms with Gasteiger partial charge in [0.1, 0.15) is 5.82 Å². The number of hydrogen-bond acceptors (Lipinski definition) is 10. The molecular formula is C27H37FN8O3. The molecule has 0 saturated carbocycles. The molecule has 12 heteroatoms. The SMILES string of the molecule is CCCCNc1nc(NCc2cccc(F)c2)nc(Nc2ccc(C(=O)NCCOCCOCCN)cc2)n1. The third kappa shape index (κ3) is 11.2. The average molecular weight is 541 g/mol. The molecule has 0 aliphatic rings. The number of nitrogens with two attached hydrogens (primary N) is 1. The van der Waals surface area contributed by atoms with E-state index in [-0.39, 0.29) is 11.7 Å². The molecule has 6 N–H and O–H groups in total. The topological polar surface area (TPSA) is 148 Å². The summed E-state index contributed by atoms with van der Waals surface area (Å²) in [5.74, 6) is 0.599. The van der Waals surface area contributed by atoms with Gasteiger partial charge in [-0.15, -0.1) is 0 Å². The van der Waals surface area contributed by atoms with Gasteiger partial charge < -0.3 is 36.5 Å². The van der Waals surface area contributed by atoms with Crippen LogP contribution >= 0.6 is 0 Å². The number of amides is 1. The van der Waals surface area contributed by atoms with Gasteiger partial charge in [0.2, 0.25) is 17.8 Å². The first-order valence-corrected chi connectivity index (χ1v) is 13.1. The molecule has 0 radical (unpaired) electrons. The van der Waals surface area contributed by atoms with Crippen molar-refractivity contribution < 1.29 is 18.7 Å². The molecule has 0 aliphatic heterocycles. The van der Waals surface area contributed by atoms with Crippen LogP contribution in [0.4, 0.5) is 27.9 Å². The molecule has 0 bridgehead atoms. The summed E-state index contributed by atoms with van der Waals surface area (Å²) < 4.78 is 24.2. The van der Waals surface area contributed by atoms with Gasteiger partial charge in [-0.2, -0.15) is 15.0 Å². The Labute approximate surface area is 228 Å². The zero-order chi connectivity index (χ0) is 27.7. The van der Waals surface area contributed by atoms with Gasteiger partial charge >= 0.3 is 0 Å². The van der Waals surface area contributed by atoms with Crippen LogP contribution in [0, 0.1) is 5.82 Å². The van der Waals surface area contributed by atoms with Gasteiger partial charge in [0.25, 0.3) is 5.91 Å². The number of anilines is 4. The van der Waals surface area contributed by atoms with Crippen LogP contribution in [0.2, 0.25) is 0 Å². The highest BCUT2D eigenvalue weighted by Gasteiger charge is 2.09. The van der Waals surface area contributed by atoms with Crippen molar-refractivity contribution >= 4 is 29.4 Å². The first-order chi connectivity index (χ1) is 19.1. The maximum absolute atomic E-state index is 13.5. The Bertz CT molecular complexity index is 1150. The number of benzene rings is 2. The van der Waals surface area contributed by atoms with Gasteiger partial charge in [-0.05, 0) is 48.4 Å². The van der Waals surface area contributed by atoms with Gasteiger partial charge in [-0.25, -0.2) is 4.39 Å². The van der Waals surface area contributed by atoms with E-state index in [0.29, 0.717) is 75.2 Å². The van der Waals surface area contributed by atoms with Crippen molar-refractivity contribution in [3.63, 3.8) is 0 Å². The summed E-state index contributed by atoms with van der Waals surface area (Å²) in [6.45, 7) is 5.87. The lowest BCUT2D eigenvalue weighted by molar-refractivity contribution is 0.0511. The molecule has 3 rings (SSSR count). The van der Waals surface area contributed by atoms with Crippen LogP contribution in [0.25, 0.3) is 0 Å². The summed E-state index contributed by atoms with van der Waals surface area (Å²) in [6.07, 6.45) is 2.00. The van der Waals surface area contributed by atoms with Crippen molar-refractivity contribution in [1.29, 1.82) is 0 Å². The lowest BCUT2D eigenvalue weighted by atomic mass is 10.2. The second-order valence-electron chi connectivity index (χ2n) is 8.54. The molecule has 0 atom stereocenters. The molecule has 3 aromatic rings. The number of carbonyl (C=O) groups excluding carboxylic acids is 1. The molecular weight excluding hydrogens is 503 g/mol. The molecule has 1 aromatic heterocycles. The van der Waals surface area contributed by atoms with E-state index in [4.69, 9.17) is 15.2 Å². The van der Waals surface area contributed by atoms with Crippen molar-refractivity contribution in [1.82, 2.24) is 20.3 Å². The monoisotopic (exact) mass is 540 g/mol. The van der Waals surface area contributed by atoms with E-state index in [1.54, 1.807) is 30.3 Å². The number of ether oxygens (including phenoxy) is 2. The third-order valence-electron chi connectivity index (χ3n) is 5.36. The second kappa shape index (κ2) is 16.9. The Kier molecular flexibility index (Phi) is 12.8. The Morgan fingerprint density at radius 3 is 2.33 bits per heavy atom. The van der Waals surface area contributed by atoms with E-state index in [9.17, 15) is 9.18 Å². The highest BCUT2D eigenvalue weighted by atomic mass is 19.1. The molecule has 210 valence electrons. The first kappa shape index (κ1) is 29.7. The van der Waals surface area contributed by atoms with Crippen LogP contribution < -0.4 is 27.0 Å². The number of hydrogen-bond donors (Lipinski definition) is 5. The maximum Gasteiger partial charge on any atom is 0.251 e. The summed E-state index contributed by atoms with van der Waals surface area (Å²) in [5.41, 5.74) is 7.34. The molecule has 0 fully saturated rings. The van der Waals surface area contributed by atoms with Crippen LogP contribution in [0.15, 0.2) is 48.5 Å². The quantitative estimate of drug-likeness (QED) is 0.152. The molecule has 0 saturated heterocycles. The minimum atomic E-state index is -0.302. The zero-order valence-electron chi connectivity index (χ0n) is 22.2. The van der Waals surface area contributed by atoms with E-state index in [2.05, 4.69) is 43.1 Å². The predicted molar refractivity (Wildman–Crippen MR) is 150 cm³/mol. The maximum atomic E-state index is 13.5. The third-order valence-corrected chi connectivity index (χ3v) is 5.36. The number of unbranched alkanes of at least 4 members (excludes halogenated alkanes) is 1. The number of nitrogens with one attached hydrogen (secondary N) is 4. The van der Waals surface area contributed by atoms with Gasteiger partial charge in [-0.1, -0.05) is 25.5 Å². The number of nitrogens with zero attached hydrogens (tertiary/aromatic N) is 3.